The second-order valence-electron chi connectivity index (χ2n) is 9.09. The summed E-state index contributed by atoms with van der Waals surface area (Å²) in [6.45, 7) is 11.1. The van der Waals surface area contributed by atoms with Crippen molar-refractivity contribution in [2.75, 3.05) is 21.3 Å². The van der Waals surface area contributed by atoms with Gasteiger partial charge in [0.2, 0.25) is 0 Å². The Balaban J connectivity index is 2.85. The zero-order chi connectivity index (χ0) is 22.9. The molecule has 2 rings (SSSR count). The molecular formula is C23H31Cl2O4P. The van der Waals surface area contributed by atoms with Crippen LogP contribution in [0.4, 0.5) is 0 Å². The van der Waals surface area contributed by atoms with Crippen LogP contribution in [0.15, 0.2) is 24.3 Å². The lowest BCUT2D eigenvalue weighted by molar-refractivity contribution is 0.388. The highest BCUT2D eigenvalue weighted by atomic mass is 35.9. The third kappa shape index (κ3) is 5.46. The van der Waals surface area contributed by atoms with Gasteiger partial charge >= 0.3 is 0 Å². The van der Waals surface area contributed by atoms with E-state index in [2.05, 4.69) is 41.5 Å². The Morgan fingerprint density at radius 1 is 0.600 bits per heavy atom. The first kappa shape index (κ1) is 24.9. The van der Waals surface area contributed by atoms with Crippen LogP contribution in [0.25, 0.3) is 11.1 Å². The topological polar surface area (TPSA) is 36.9 Å². The number of benzene rings is 2. The SMILES string of the molecule is COc1cc(C(C)(C)C)c(OC)cc1-c1cc(OP(Cl)Cl)c(C(C)(C)C)cc1OC. The molecule has 4 nitrogen and oxygen atoms in total. The van der Waals surface area contributed by atoms with Gasteiger partial charge in [-0.2, -0.15) is 0 Å². The largest absolute Gasteiger partial charge is 0.496 e. The molecule has 0 bridgehead atoms. The van der Waals surface area contributed by atoms with Crippen molar-refractivity contribution in [3.8, 4) is 34.1 Å². The lowest BCUT2D eigenvalue weighted by atomic mass is 9.83. The summed E-state index contributed by atoms with van der Waals surface area (Å²) >= 11 is 12.0. The second kappa shape index (κ2) is 9.42. The fourth-order valence-electron chi connectivity index (χ4n) is 3.37. The highest BCUT2D eigenvalue weighted by Crippen LogP contribution is 2.53. The molecule has 7 heteroatoms. The zero-order valence-corrected chi connectivity index (χ0v) is 21.6. The Labute approximate surface area is 191 Å². The van der Waals surface area contributed by atoms with E-state index in [-0.39, 0.29) is 10.8 Å². The smallest absolute Gasteiger partial charge is 0.284 e. The molecule has 0 saturated carbocycles. The zero-order valence-electron chi connectivity index (χ0n) is 19.1. The van der Waals surface area contributed by atoms with Crippen LogP contribution < -0.4 is 18.7 Å². The summed E-state index contributed by atoms with van der Waals surface area (Å²) in [5, 5.41) is 0. The van der Waals surface area contributed by atoms with Gasteiger partial charge < -0.3 is 18.7 Å². The normalized spacial score (nSPS) is 12.1. The molecule has 0 N–H and O–H groups in total. The Bertz CT molecular complexity index is 900. The molecule has 0 spiro atoms. The van der Waals surface area contributed by atoms with Gasteiger partial charge in [0.15, 0.2) is 0 Å². The minimum Gasteiger partial charge on any atom is -0.496 e. The number of hydrogen-bond donors (Lipinski definition) is 0. The maximum Gasteiger partial charge on any atom is 0.284 e. The van der Waals surface area contributed by atoms with E-state index < -0.39 is 6.85 Å². The summed E-state index contributed by atoms with van der Waals surface area (Å²) in [6.07, 6.45) is 0. The molecule has 0 unspecified atom stereocenters. The van der Waals surface area contributed by atoms with Crippen molar-refractivity contribution in [3.05, 3.63) is 35.4 Å². The number of hydrogen-bond acceptors (Lipinski definition) is 4. The number of halogens is 2. The first-order valence-electron chi connectivity index (χ1n) is 9.62. The average molecular weight is 473 g/mol. The van der Waals surface area contributed by atoms with E-state index in [0.29, 0.717) is 17.2 Å². The van der Waals surface area contributed by atoms with Gasteiger partial charge in [-0.25, -0.2) is 0 Å². The molecule has 0 radical (unpaired) electrons. The summed E-state index contributed by atoms with van der Waals surface area (Å²) in [5.74, 6) is 2.81. The Morgan fingerprint density at radius 3 is 1.30 bits per heavy atom. The van der Waals surface area contributed by atoms with Gasteiger partial charge in [0.05, 0.1) is 21.3 Å². The summed E-state index contributed by atoms with van der Waals surface area (Å²) < 4.78 is 23.0. The predicted octanol–water partition coefficient (Wildman–Crippen LogP) is 8.06. The fraction of sp³-hybridized carbons (Fsp3) is 0.478. The summed E-state index contributed by atoms with van der Waals surface area (Å²) in [5.41, 5.74) is 3.34. The molecule has 2 aromatic carbocycles. The molecule has 30 heavy (non-hydrogen) atoms. The van der Waals surface area contributed by atoms with E-state index in [1.165, 1.54) is 0 Å². The molecule has 0 saturated heterocycles. The van der Waals surface area contributed by atoms with E-state index in [9.17, 15) is 0 Å². The molecule has 2 aromatic rings. The molecule has 0 atom stereocenters. The van der Waals surface area contributed by atoms with Crippen molar-refractivity contribution in [1.29, 1.82) is 0 Å². The van der Waals surface area contributed by atoms with Crippen molar-refractivity contribution in [3.63, 3.8) is 0 Å². The summed E-state index contributed by atoms with van der Waals surface area (Å²) in [7, 11) is 4.97. The van der Waals surface area contributed by atoms with E-state index in [1.54, 1.807) is 21.3 Å². The number of methoxy groups -OCH3 is 3. The first-order valence-corrected chi connectivity index (χ1v) is 12.7. The highest BCUT2D eigenvalue weighted by molar-refractivity contribution is 8.00. The first-order chi connectivity index (χ1) is 13.8. The summed E-state index contributed by atoms with van der Waals surface area (Å²) in [4.78, 5) is 0. The summed E-state index contributed by atoms with van der Waals surface area (Å²) in [6, 6.07) is 7.87. The monoisotopic (exact) mass is 472 g/mol. The maximum atomic E-state index is 6.02. The van der Waals surface area contributed by atoms with Gasteiger partial charge in [-0.05, 0) is 57.6 Å². The minimum absolute atomic E-state index is 0.112. The third-order valence-corrected chi connectivity index (χ3v) is 5.65. The van der Waals surface area contributed by atoms with Crippen LogP contribution in [0, 0.1) is 0 Å². The lowest BCUT2D eigenvalue weighted by Crippen LogP contribution is -2.14. The van der Waals surface area contributed by atoms with Gasteiger partial charge in [-0.1, -0.05) is 41.5 Å². The van der Waals surface area contributed by atoms with Crippen molar-refractivity contribution in [2.24, 2.45) is 0 Å². The Morgan fingerprint density at radius 2 is 0.967 bits per heavy atom. The fourth-order valence-corrected chi connectivity index (χ4v) is 4.12. The van der Waals surface area contributed by atoms with Crippen LogP contribution in [0.5, 0.6) is 23.0 Å². The van der Waals surface area contributed by atoms with Crippen molar-refractivity contribution in [2.45, 2.75) is 52.4 Å². The molecule has 0 aromatic heterocycles. The van der Waals surface area contributed by atoms with Gasteiger partial charge in [0.25, 0.3) is 6.85 Å². The molecule has 166 valence electrons. The Hall–Kier alpha value is -1.35. The van der Waals surface area contributed by atoms with Crippen LogP contribution in [0.1, 0.15) is 52.7 Å². The quantitative estimate of drug-likeness (QED) is 0.398. The van der Waals surface area contributed by atoms with Gasteiger partial charge in [-0.15, -0.1) is 0 Å². The molecule has 0 amide bonds. The molecular weight excluding hydrogens is 442 g/mol. The van der Waals surface area contributed by atoms with E-state index in [4.69, 9.17) is 41.2 Å². The van der Waals surface area contributed by atoms with Crippen LogP contribution in [0.3, 0.4) is 0 Å². The molecule has 0 aliphatic heterocycles. The second-order valence-corrected chi connectivity index (χ2v) is 12.0. The minimum atomic E-state index is -1.63. The predicted molar refractivity (Wildman–Crippen MR) is 128 cm³/mol. The highest BCUT2D eigenvalue weighted by Gasteiger charge is 2.27. The van der Waals surface area contributed by atoms with Crippen LogP contribution in [-0.4, -0.2) is 21.3 Å². The van der Waals surface area contributed by atoms with Gasteiger partial charge in [-0.3, -0.25) is 0 Å². The molecule has 0 aliphatic rings. The van der Waals surface area contributed by atoms with Crippen LogP contribution in [-0.2, 0) is 10.8 Å². The van der Waals surface area contributed by atoms with E-state index in [0.717, 1.165) is 28.0 Å². The third-order valence-electron chi connectivity index (χ3n) is 4.90. The van der Waals surface area contributed by atoms with Crippen LogP contribution >= 0.6 is 29.3 Å². The lowest BCUT2D eigenvalue weighted by Gasteiger charge is -2.27. The van der Waals surface area contributed by atoms with Crippen molar-refractivity contribution in [1.82, 2.24) is 0 Å². The molecule has 0 fully saturated rings. The number of ether oxygens (including phenoxy) is 3. The maximum absolute atomic E-state index is 6.02. The van der Waals surface area contributed by atoms with Gasteiger partial charge in [0.1, 0.15) is 23.0 Å². The van der Waals surface area contributed by atoms with Crippen LogP contribution in [0.2, 0.25) is 0 Å². The van der Waals surface area contributed by atoms with Gasteiger partial charge in [0, 0.05) is 22.3 Å². The number of rotatable bonds is 6. The molecule has 0 aliphatic carbocycles. The van der Waals surface area contributed by atoms with Crippen molar-refractivity contribution >= 4 is 29.3 Å². The van der Waals surface area contributed by atoms with E-state index in [1.807, 2.05) is 24.3 Å². The standard InChI is InChI=1S/C23H31Cl2O4P/c1-22(2,3)16-12-18(26-7)14(10-20(16)28-9)15-11-21(29-30(24)25)17(23(4,5)6)13-19(15)27-8/h10-13H,1-9H3. The van der Waals surface area contributed by atoms with Crippen molar-refractivity contribution < 1.29 is 18.7 Å². The average Bonchev–Trinajstić information content (AvgIpc) is 2.64. The Kier molecular flexibility index (Phi) is 7.83. The molecule has 0 heterocycles. The van der Waals surface area contributed by atoms with E-state index >= 15 is 0 Å².